The molecule has 0 bridgehead atoms. The van der Waals surface area contributed by atoms with Crippen molar-refractivity contribution in [3.8, 4) is 5.75 Å². The summed E-state index contributed by atoms with van der Waals surface area (Å²) in [5.74, 6) is 1.05. The molecule has 0 unspecified atom stereocenters. The number of para-hydroxylation sites is 1. The number of anilines is 2. The van der Waals surface area contributed by atoms with Crippen LogP contribution < -0.4 is 16.2 Å². The highest BCUT2D eigenvalue weighted by molar-refractivity contribution is 5.81. The second kappa shape index (κ2) is 4.96. The Kier molecular flexibility index (Phi) is 3.00. The minimum absolute atomic E-state index is 0.0811. The summed E-state index contributed by atoms with van der Waals surface area (Å²) in [6.07, 6.45) is 1.58. The summed E-state index contributed by atoms with van der Waals surface area (Å²) in [7, 11) is 0. The number of nitrogens with two attached hydrogens (primary N) is 2. The van der Waals surface area contributed by atoms with Gasteiger partial charge in [0.15, 0.2) is 17.0 Å². The molecule has 20 heavy (non-hydrogen) atoms. The minimum Gasteiger partial charge on any atom is -0.487 e. The first-order valence-electron chi connectivity index (χ1n) is 5.95. The minimum atomic E-state index is 0.0811. The van der Waals surface area contributed by atoms with E-state index in [-0.39, 0.29) is 18.4 Å². The lowest BCUT2D eigenvalue weighted by atomic mass is 10.3. The van der Waals surface area contributed by atoms with Crippen molar-refractivity contribution in [3.63, 3.8) is 0 Å². The molecular formula is C13H12N6O. The van der Waals surface area contributed by atoms with E-state index in [1.54, 1.807) is 6.20 Å². The third kappa shape index (κ3) is 2.41. The second-order valence-electron chi connectivity index (χ2n) is 4.10. The van der Waals surface area contributed by atoms with Crippen molar-refractivity contribution in [2.75, 3.05) is 11.5 Å². The van der Waals surface area contributed by atoms with E-state index in [9.17, 15) is 0 Å². The van der Waals surface area contributed by atoms with Crippen LogP contribution in [0, 0.1) is 0 Å². The van der Waals surface area contributed by atoms with E-state index in [1.165, 1.54) is 0 Å². The van der Waals surface area contributed by atoms with Gasteiger partial charge in [0.1, 0.15) is 12.4 Å². The molecule has 0 aliphatic rings. The van der Waals surface area contributed by atoms with Crippen molar-refractivity contribution in [1.82, 2.24) is 19.9 Å². The van der Waals surface area contributed by atoms with Crippen LogP contribution in [0.1, 0.15) is 5.69 Å². The van der Waals surface area contributed by atoms with Gasteiger partial charge in [-0.1, -0.05) is 18.2 Å². The van der Waals surface area contributed by atoms with Gasteiger partial charge in [0, 0.05) is 0 Å². The lowest BCUT2D eigenvalue weighted by Crippen LogP contribution is -2.05. The van der Waals surface area contributed by atoms with Gasteiger partial charge in [-0.15, -0.1) is 0 Å². The fourth-order valence-corrected chi connectivity index (χ4v) is 1.73. The van der Waals surface area contributed by atoms with Crippen molar-refractivity contribution >= 4 is 22.9 Å². The van der Waals surface area contributed by atoms with E-state index < -0.39 is 0 Å². The average Bonchev–Trinajstić information content (AvgIpc) is 2.46. The smallest absolute Gasteiger partial charge is 0.224 e. The van der Waals surface area contributed by atoms with Crippen LogP contribution in [0.25, 0.3) is 11.2 Å². The molecule has 7 nitrogen and oxygen atoms in total. The lowest BCUT2D eigenvalue weighted by Gasteiger charge is -2.06. The molecule has 3 aromatic rings. The summed E-state index contributed by atoms with van der Waals surface area (Å²) in [6, 6.07) is 9.45. The molecule has 0 saturated carbocycles. The van der Waals surface area contributed by atoms with Gasteiger partial charge >= 0.3 is 0 Å². The predicted octanol–water partition coefficient (Wildman–Crippen LogP) is 1.16. The van der Waals surface area contributed by atoms with Crippen LogP contribution in [0.5, 0.6) is 5.75 Å². The fourth-order valence-electron chi connectivity index (χ4n) is 1.73. The number of hydrogen-bond acceptors (Lipinski definition) is 7. The van der Waals surface area contributed by atoms with Crippen LogP contribution in [-0.4, -0.2) is 19.9 Å². The quantitative estimate of drug-likeness (QED) is 0.732. The number of rotatable bonds is 3. The van der Waals surface area contributed by atoms with Gasteiger partial charge in [-0.2, -0.15) is 9.97 Å². The number of nitrogen functional groups attached to an aromatic ring is 2. The molecule has 0 saturated heterocycles. The first-order valence-corrected chi connectivity index (χ1v) is 5.95. The molecule has 0 spiro atoms. The normalized spacial score (nSPS) is 10.6. The number of benzene rings is 1. The summed E-state index contributed by atoms with van der Waals surface area (Å²) in [5.41, 5.74) is 12.7. The van der Waals surface area contributed by atoms with Crippen molar-refractivity contribution in [3.05, 3.63) is 42.2 Å². The van der Waals surface area contributed by atoms with Gasteiger partial charge in [0.2, 0.25) is 5.95 Å². The molecule has 2 aromatic heterocycles. The lowest BCUT2D eigenvalue weighted by molar-refractivity contribution is 0.301. The Morgan fingerprint density at radius 1 is 1.00 bits per heavy atom. The zero-order valence-corrected chi connectivity index (χ0v) is 10.5. The highest BCUT2D eigenvalue weighted by Gasteiger charge is 2.07. The third-order valence-electron chi connectivity index (χ3n) is 2.63. The summed E-state index contributed by atoms with van der Waals surface area (Å²) in [5, 5.41) is 0. The van der Waals surface area contributed by atoms with E-state index in [0.717, 1.165) is 5.75 Å². The molecule has 0 aliphatic carbocycles. The Hall–Kier alpha value is -2.96. The van der Waals surface area contributed by atoms with E-state index >= 15 is 0 Å². The van der Waals surface area contributed by atoms with E-state index in [2.05, 4.69) is 19.9 Å². The van der Waals surface area contributed by atoms with Crippen LogP contribution >= 0.6 is 0 Å². The number of ether oxygens (including phenoxy) is 1. The molecule has 3 rings (SSSR count). The second-order valence-corrected chi connectivity index (χ2v) is 4.10. The Labute approximate surface area is 114 Å². The number of aromatic nitrogens is 4. The SMILES string of the molecule is Nc1nc(N)c2nc(COc3ccccc3)cnc2n1. The molecule has 4 N–H and O–H groups in total. The van der Waals surface area contributed by atoms with Gasteiger partial charge in [0.05, 0.1) is 11.9 Å². The Morgan fingerprint density at radius 2 is 1.80 bits per heavy atom. The van der Waals surface area contributed by atoms with Gasteiger partial charge in [-0.3, -0.25) is 0 Å². The van der Waals surface area contributed by atoms with Crippen molar-refractivity contribution < 1.29 is 4.74 Å². The average molecular weight is 268 g/mol. The summed E-state index contributed by atoms with van der Waals surface area (Å²) in [4.78, 5) is 16.3. The summed E-state index contributed by atoms with van der Waals surface area (Å²) < 4.78 is 5.60. The molecule has 1 aromatic carbocycles. The first-order chi connectivity index (χ1) is 9.72. The number of hydrogen-bond donors (Lipinski definition) is 2. The van der Waals surface area contributed by atoms with Gasteiger partial charge in [-0.05, 0) is 12.1 Å². The van der Waals surface area contributed by atoms with Crippen molar-refractivity contribution in [2.45, 2.75) is 6.61 Å². The predicted molar refractivity (Wildman–Crippen MR) is 74.7 cm³/mol. The van der Waals surface area contributed by atoms with E-state index in [0.29, 0.717) is 16.9 Å². The maximum absolute atomic E-state index is 5.76. The van der Waals surface area contributed by atoms with Crippen LogP contribution in [0.4, 0.5) is 11.8 Å². The molecule has 0 radical (unpaired) electrons. The van der Waals surface area contributed by atoms with E-state index in [1.807, 2.05) is 30.3 Å². The molecule has 7 heteroatoms. The molecular weight excluding hydrogens is 256 g/mol. The third-order valence-corrected chi connectivity index (χ3v) is 2.63. The van der Waals surface area contributed by atoms with Crippen LogP contribution in [-0.2, 0) is 6.61 Å². The maximum Gasteiger partial charge on any atom is 0.224 e. The highest BCUT2D eigenvalue weighted by Crippen LogP contribution is 2.16. The highest BCUT2D eigenvalue weighted by atomic mass is 16.5. The van der Waals surface area contributed by atoms with Gasteiger partial charge in [0.25, 0.3) is 0 Å². The Bertz CT molecular complexity index is 746. The molecule has 2 heterocycles. The van der Waals surface area contributed by atoms with Crippen molar-refractivity contribution in [1.29, 1.82) is 0 Å². The Morgan fingerprint density at radius 3 is 2.60 bits per heavy atom. The summed E-state index contributed by atoms with van der Waals surface area (Å²) >= 11 is 0. The molecule has 0 aliphatic heterocycles. The summed E-state index contributed by atoms with van der Waals surface area (Å²) in [6.45, 7) is 0.288. The van der Waals surface area contributed by atoms with Crippen LogP contribution in [0.3, 0.4) is 0 Å². The molecule has 100 valence electrons. The molecule has 0 atom stereocenters. The van der Waals surface area contributed by atoms with E-state index in [4.69, 9.17) is 16.2 Å². The number of fused-ring (bicyclic) bond motifs is 1. The Balaban J connectivity index is 1.86. The van der Waals surface area contributed by atoms with Crippen LogP contribution in [0.2, 0.25) is 0 Å². The standard InChI is InChI=1S/C13H12N6O/c14-11-10-12(19-13(15)18-11)16-6-8(17-10)7-20-9-4-2-1-3-5-9/h1-6H,7H2,(H4,14,15,16,18,19). The largest absolute Gasteiger partial charge is 0.487 e. The fraction of sp³-hybridized carbons (Fsp3) is 0.0769. The topological polar surface area (TPSA) is 113 Å². The van der Waals surface area contributed by atoms with Gasteiger partial charge in [-0.25, -0.2) is 9.97 Å². The zero-order chi connectivity index (χ0) is 13.9. The van der Waals surface area contributed by atoms with Crippen LogP contribution in [0.15, 0.2) is 36.5 Å². The van der Waals surface area contributed by atoms with Crippen molar-refractivity contribution in [2.24, 2.45) is 0 Å². The number of nitrogens with zero attached hydrogens (tertiary/aromatic N) is 4. The molecule has 0 amide bonds. The zero-order valence-electron chi connectivity index (χ0n) is 10.5. The first kappa shape index (κ1) is 12.1. The monoisotopic (exact) mass is 268 g/mol. The molecule has 0 fully saturated rings. The van der Waals surface area contributed by atoms with Gasteiger partial charge < -0.3 is 16.2 Å². The maximum atomic E-state index is 5.76.